The van der Waals surface area contributed by atoms with Crippen LogP contribution >= 0.6 is 0 Å². The molecule has 0 bridgehead atoms. The van der Waals surface area contributed by atoms with E-state index in [1.165, 1.54) is 24.0 Å². The highest BCUT2D eigenvalue weighted by atomic mass is 15.2. The van der Waals surface area contributed by atoms with Crippen molar-refractivity contribution in [2.75, 3.05) is 13.1 Å². The van der Waals surface area contributed by atoms with Gasteiger partial charge in [-0.25, -0.2) is 4.98 Å². The molecule has 0 radical (unpaired) electrons. The third-order valence-electron chi connectivity index (χ3n) is 4.31. The van der Waals surface area contributed by atoms with Crippen LogP contribution in [0.4, 0.5) is 0 Å². The van der Waals surface area contributed by atoms with Crippen molar-refractivity contribution in [1.29, 1.82) is 0 Å². The van der Waals surface area contributed by atoms with Crippen LogP contribution in [0.5, 0.6) is 0 Å². The Kier molecular flexibility index (Phi) is 3.09. The minimum Gasteiger partial charge on any atom is -0.324 e. The Morgan fingerprint density at radius 2 is 2.05 bits per heavy atom. The predicted octanol–water partition coefficient (Wildman–Crippen LogP) is 3.31. The van der Waals surface area contributed by atoms with E-state index in [9.17, 15) is 0 Å². The second kappa shape index (κ2) is 4.64. The van der Waals surface area contributed by atoms with E-state index in [-0.39, 0.29) is 0 Å². The van der Waals surface area contributed by atoms with Crippen molar-refractivity contribution >= 4 is 11.0 Å². The largest absolute Gasteiger partial charge is 0.324 e. The number of aryl methyl sites for hydroxylation is 2. The first kappa shape index (κ1) is 12.7. The summed E-state index contributed by atoms with van der Waals surface area (Å²) in [6.45, 7) is 11.2. The first-order valence-electron chi connectivity index (χ1n) is 7.25. The number of benzene rings is 1. The van der Waals surface area contributed by atoms with Crippen molar-refractivity contribution < 1.29 is 0 Å². The van der Waals surface area contributed by atoms with E-state index < -0.39 is 0 Å². The summed E-state index contributed by atoms with van der Waals surface area (Å²) in [6, 6.07) is 7.78. The van der Waals surface area contributed by atoms with Gasteiger partial charge in [0, 0.05) is 25.2 Å². The lowest BCUT2D eigenvalue weighted by Crippen LogP contribution is -2.28. The maximum absolute atomic E-state index is 4.71. The van der Waals surface area contributed by atoms with Crippen LogP contribution in [0.15, 0.2) is 18.2 Å². The molecule has 0 N–H and O–H groups in total. The quantitative estimate of drug-likeness (QED) is 0.823. The first-order valence-corrected chi connectivity index (χ1v) is 7.25. The fourth-order valence-electron chi connectivity index (χ4n) is 3.23. The van der Waals surface area contributed by atoms with Gasteiger partial charge in [-0.2, -0.15) is 0 Å². The average molecular weight is 257 g/mol. The third kappa shape index (κ3) is 2.16. The van der Waals surface area contributed by atoms with Crippen LogP contribution in [0.1, 0.15) is 37.7 Å². The van der Waals surface area contributed by atoms with Gasteiger partial charge in [0.25, 0.3) is 0 Å². The standard InChI is InChI=1S/C16H23N3/c1-11(2)18-8-7-14(10-18)19-13(4)17-15-6-5-12(3)9-16(15)19/h5-6,9,11,14H,7-8,10H2,1-4H3. The maximum atomic E-state index is 4.71. The van der Waals surface area contributed by atoms with Crippen molar-refractivity contribution in [2.24, 2.45) is 0 Å². The summed E-state index contributed by atoms with van der Waals surface area (Å²) in [7, 11) is 0. The van der Waals surface area contributed by atoms with Gasteiger partial charge in [0.1, 0.15) is 5.82 Å². The summed E-state index contributed by atoms with van der Waals surface area (Å²) in [5, 5.41) is 0. The van der Waals surface area contributed by atoms with Crippen LogP contribution in [-0.4, -0.2) is 33.6 Å². The molecular weight excluding hydrogens is 234 g/mol. The predicted molar refractivity (Wildman–Crippen MR) is 79.6 cm³/mol. The van der Waals surface area contributed by atoms with E-state index in [2.05, 4.69) is 55.4 Å². The Hall–Kier alpha value is -1.35. The minimum absolute atomic E-state index is 0.578. The Balaban J connectivity index is 2.01. The zero-order chi connectivity index (χ0) is 13.6. The summed E-state index contributed by atoms with van der Waals surface area (Å²) in [5.41, 5.74) is 3.74. The lowest BCUT2D eigenvalue weighted by atomic mass is 10.2. The number of likely N-dealkylation sites (tertiary alicyclic amines) is 1. The molecule has 3 heteroatoms. The molecule has 0 spiro atoms. The molecule has 1 aromatic carbocycles. The van der Waals surface area contributed by atoms with E-state index in [1.807, 2.05) is 0 Å². The molecule has 3 nitrogen and oxygen atoms in total. The average Bonchev–Trinajstić information content (AvgIpc) is 2.92. The van der Waals surface area contributed by atoms with Crippen molar-refractivity contribution in [1.82, 2.24) is 14.5 Å². The molecule has 0 aliphatic carbocycles. The van der Waals surface area contributed by atoms with Gasteiger partial charge in [-0.1, -0.05) is 6.07 Å². The number of hydrogen-bond acceptors (Lipinski definition) is 2. The van der Waals surface area contributed by atoms with E-state index in [1.54, 1.807) is 0 Å². The lowest BCUT2D eigenvalue weighted by molar-refractivity contribution is 0.265. The normalized spacial score (nSPS) is 20.8. The number of hydrogen-bond donors (Lipinski definition) is 0. The zero-order valence-corrected chi connectivity index (χ0v) is 12.3. The Labute approximate surface area is 115 Å². The number of fused-ring (bicyclic) bond motifs is 1. The van der Waals surface area contributed by atoms with Gasteiger partial charge in [-0.15, -0.1) is 0 Å². The molecule has 3 rings (SSSR count). The Morgan fingerprint density at radius 3 is 2.74 bits per heavy atom. The summed E-state index contributed by atoms with van der Waals surface area (Å²) < 4.78 is 2.45. The van der Waals surface area contributed by atoms with Crippen molar-refractivity contribution in [2.45, 2.75) is 46.2 Å². The van der Waals surface area contributed by atoms with E-state index in [0.717, 1.165) is 17.9 Å². The molecule has 2 aromatic rings. The highest BCUT2D eigenvalue weighted by molar-refractivity contribution is 5.77. The van der Waals surface area contributed by atoms with Crippen molar-refractivity contribution in [3.63, 3.8) is 0 Å². The number of rotatable bonds is 2. The molecular formula is C16H23N3. The fourth-order valence-corrected chi connectivity index (χ4v) is 3.23. The van der Waals surface area contributed by atoms with Crippen LogP contribution in [0.2, 0.25) is 0 Å². The van der Waals surface area contributed by atoms with E-state index in [0.29, 0.717) is 12.1 Å². The van der Waals surface area contributed by atoms with Crippen LogP contribution in [0.3, 0.4) is 0 Å². The van der Waals surface area contributed by atoms with Crippen LogP contribution in [0.25, 0.3) is 11.0 Å². The van der Waals surface area contributed by atoms with Gasteiger partial charge < -0.3 is 4.57 Å². The molecule has 1 aromatic heterocycles. The molecule has 2 heterocycles. The minimum atomic E-state index is 0.578. The van der Waals surface area contributed by atoms with Gasteiger partial charge >= 0.3 is 0 Å². The smallest absolute Gasteiger partial charge is 0.107 e. The summed E-state index contributed by atoms with van der Waals surface area (Å²) >= 11 is 0. The molecule has 1 fully saturated rings. The van der Waals surface area contributed by atoms with Crippen molar-refractivity contribution in [3.8, 4) is 0 Å². The highest BCUT2D eigenvalue weighted by Crippen LogP contribution is 2.29. The van der Waals surface area contributed by atoms with Crippen LogP contribution in [-0.2, 0) is 0 Å². The molecule has 1 aliphatic rings. The highest BCUT2D eigenvalue weighted by Gasteiger charge is 2.27. The van der Waals surface area contributed by atoms with Gasteiger partial charge in [0.2, 0.25) is 0 Å². The van der Waals surface area contributed by atoms with Gasteiger partial charge in [0.15, 0.2) is 0 Å². The van der Waals surface area contributed by atoms with Gasteiger partial charge in [-0.05, 0) is 51.8 Å². The molecule has 1 saturated heterocycles. The summed E-state index contributed by atoms with van der Waals surface area (Å²) in [6.07, 6.45) is 1.23. The van der Waals surface area contributed by atoms with Gasteiger partial charge in [-0.3, -0.25) is 4.90 Å². The Bertz CT molecular complexity index is 597. The summed E-state index contributed by atoms with van der Waals surface area (Å²) in [5.74, 6) is 1.15. The van der Waals surface area contributed by atoms with Crippen molar-refractivity contribution in [3.05, 3.63) is 29.6 Å². The topological polar surface area (TPSA) is 21.1 Å². The second-order valence-electron chi connectivity index (χ2n) is 6.05. The molecule has 1 unspecified atom stereocenters. The second-order valence-corrected chi connectivity index (χ2v) is 6.05. The van der Waals surface area contributed by atoms with Crippen LogP contribution < -0.4 is 0 Å². The lowest BCUT2D eigenvalue weighted by Gasteiger charge is -2.21. The monoisotopic (exact) mass is 257 g/mol. The number of nitrogens with zero attached hydrogens (tertiary/aromatic N) is 3. The molecule has 0 amide bonds. The van der Waals surface area contributed by atoms with Gasteiger partial charge in [0.05, 0.1) is 11.0 Å². The van der Waals surface area contributed by atoms with Crippen LogP contribution in [0, 0.1) is 13.8 Å². The molecule has 1 atom stereocenters. The molecule has 102 valence electrons. The maximum Gasteiger partial charge on any atom is 0.107 e. The third-order valence-corrected chi connectivity index (χ3v) is 4.31. The fraction of sp³-hybridized carbons (Fsp3) is 0.562. The first-order chi connectivity index (χ1) is 9.06. The molecule has 0 saturated carbocycles. The van der Waals surface area contributed by atoms with E-state index >= 15 is 0 Å². The SMILES string of the molecule is Cc1ccc2nc(C)n(C3CCN(C(C)C)C3)c2c1. The summed E-state index contributed by atoms with van der Waals surface area (Å²) in [4.78, 5) is 7.27. The zero-order valence-electron chi connectivity index (χ0n) is 12.3. The number of imidazole rings is 1. The molecule has 1 aliphatic heterocycles. The molecule has 19 heavy (non-hydrogen) atoms. The Morgan fingerprint density at radius 1 is 1.26 bits per heavy atom. The van der Waals surface area contributed by atoms with E-state index in [4.69, 9.17) is 4.98 Å². The number of aromatic nitrogens is 2.